The lowest BCUT2D eigenvalue weighted by atomic mass is 9.90. The van der Waals surface area contributed by atoms with Gasteiger partial charge in [-0.05, 0) is 62.6 Å². The summed E-state index contributed by atoms with van der Waals surface area (Å²) in [5.74, 6) is 1.74. The van der Waals surface area contributed by atoms with Crippen molar-refractivity contribution in [3.05, 3.63) is 53.4 Å². The number of carbonyl (C=O) groups is 1. The van der Waals surface area contributed by atoms with Crippen LogP contribution in [-0.4, -0.2) is 48.8 Å². The summed E-state index contributed by atoms with van der Waals surface area (Å²) in [6, 6.07) is 12.5. The molecule has 1 aromatic carbocycles. The first-order chi connectivity index (χ1) is 14.3. The molecular weight excluding hydrogens is 366 g/mol. The van der Waals surface area contributed by atoms with Crippen molar-refractivity contribution in [3.8, 4) is 0 Å². The average molecular weight is 398 g/mol. The summed E-state index contributed by atoms with van der Waals surface area (Å²) >= 11 is 0. The largest absolute Gasteiger partial charge is 0.381 e. The molecule has 0 spiro atoms. The highest BCUT2D eigenvalue weighted by molar-refractivity contribution is 5.92. The van der Waals surface area contributed by atoms with Gasteiger partial charge in [-0.3, -0.25) is 9.69 Å². The quantitative estimate of drug-likeness (QED) is 0.777. The van der Waals surface area contributed by atoms with E-state index in [1.165, 1.54) is 18.4 Å². The molecule has 1 unspecified atom stereocenters. The standard InChI is InChI=1S/C23H31N3O3/c27-23(24-15-20-7-4-12-28-17-20)22-14-21(29-25-22)16-26-10-8-19(9-11-26)13-18-5-2-1-3-6-18/h1-3,5-6,14,19-20H,4,7-13,15-17H2,(H,24,27). The zero-order valence-corrected chi connectivity index (χ0v) is 17.0. The Morgan fingerprint density at radius 3 is 2.72 bits per heavy atom. The Hall–Kier alpha value is -2.18. The number of benzene rings is 1. The topological polar surface area (TPSA) is 67.6 Å². The van der Waals surface area contributed by atoms with Gasteiger partial charge in [0.25, 0.3) is 5.91 Å². The van der Waals surface area contributed by atoms with E-state index >= 15 is 0 Å². The van der Waals surface area contributed by atoms with Gasteiger partial charge in [-0.25, -0.2) is 0 Å². The van der Waals surface area contributed by atoms with Crippen LogP contribution in [-0.2, 0) is 17.7 Å². The molecule has 1 atom stereocenters. The van der Waals surface area contributed by atoms with E-state index in [1.54, 1.807) is 6.07 Å². The molecule has 2 saturated heterocycles. The van der Waals surface area contributed by atoms with E-state index in [4.69, 9.17) is 9.26 Å². The normalized spacial score (nSPS) is 21.2. The van der Waals surface area contributed by atoms with Gasteiger partial charge in [0.15, 0.2) is 11.5 Å². The van der Waals surface area contributed by atoms with Gasteiger partial charge in [-0.1, -0.05) is 35.5 Å². The van der Waals surface area contributed by atoms with Crippen LogP contribution in [0.15, 0.2) is 40.9 Å². The molecule has 1 aromatic heterocycles. The summed E-state index contributed by atoms with van der Waals surface area (Å²) in [6.45, 7) is 5.03. The molecule has 0 aliphatic carbocycles. The van der Waals surface area contributed by atoms with Crippen LogP contribution in [0.25, 0.3) is 0 Å². The highest BCUT2D eigenvalue weighted by atomic mass is 16.5. The Labute approximate surface area is 172 Å². The van der Waals surface area contributed by atoms with Crippen LogP contribution < -0.4 is 5.32 Å². The SMILES string of the molecule is O=C(NCC1CCCOC1)c1cc(CN2CCC(Cc3ccccc3)CC2)on1. The Morgan fingerprint density at radius 1 is 1.14 bits per heavy atom. The summed E-state index contributed by atoms with van der Waals surface area (Å²) in [5.41, 5.74) is 1.80. The third-order valence-electron chi connectivity index (χ3n) is 6.05. The second kappa shape index (κ2) is 10.0. The lowest BCUT2D eigenvalue weighted by molar-refractivity contribution is 0.0535. The van der Waals surface area contributed by atoms with Crippen molar-refractivity contribution in [2.45, 2.75) is 38.6 Å². The van der Waals surface area contributed by atoms with Gasteiger partial charge in [0.1, 0.15) is 0 Å². The smallest absolute Gasteiger partial charge is 0.273 e. The highest BCUT2D eigenvalue weighted by Crippen LogP contribution is 2.23. The number of hydrogen-bond donors (Lipinski definition) is 1. The molecular formula is C23H31N3O3. The number of nitrogens with zero attached hydrogens (tertiary/aromatic N) is 2. The number of piperidine rings is 1. The van der Waals surface area contributed by atoms with Crippen molar-refractivity contribution >= 4 is 5.91 Å². The Balaban J connectivity index is 1.19. The van der Waals surface area contributed by atoms with E-state index in [0.717, 1.165) is 63.8 Å². The molecule has 0 saturated carbocycles. The van der Waals surface area contributed by atoms with Crippen LogP contribution in [0.1, 0.15) is 47.5 Å². The minimum Gasteiger partial charge on any atom is -0.381 e. The van der Waals surface area contributed by atoms with Crippen molar-refractivity contribution in [2.75, 3.05) is 32.8 Å². The Bertz CT molecular complexity index is 763. The van der Waals surface area contributed by atoms with Gasteiger partial charge in [0, 0.05) is 19.2 Å². The van der Waals surface area contributed by atoms with E-state index in [1.807, 2.05) is 0 Å². The van der Waals surface area contributed by atoms with E-state index < -0.39 is 0 Å². The fourth-order valence-electron chi connectivity index (χ4n) is 4.31. The predicted octanol–water partition coefficient (Wildman–Crippen LogP) is 3.29. The van der Waals surface area contributed by atoms with Crippen LogP contribution in [0.4, 0.5) is 0 Å². The Kier molecular flexibility index (Phi) is 6.96. The van der Waals surface area contributed by atoms with Crippen molar-refractivity contribution in [2.24, 2.45) is 11.8 Å². The number of likely N-dealkylation sites (tertiary alicyclic amines) is 1. The number of amides is 1. The average Bonchev–Trinajstić information content (AvgIpc) is 3.23. The summed E-state index contributed by atoms with van der Waals surface area (Å²) < 4.78 is 10.9. The zero-order valence-electron chi connectivity index (χ0n) is 17.0. The molecule has 1 amide bonds. The summed E-state index contributed by atoms with van der Waals surface area (Å²) in [4.78, 5) is 14.7. The molecule has 2 aromatic rings. The van der Waals surface area contributed by atoms with Gasteiger partial charge >= 0.3 is 0 Å². The first-order valence-electron chi connectivity index (χ1n) is 10.8. The van der Waals surface area contributed by atoms with Crippen LogP contribution in [0.2, 0.25) is 0 Å². The van der Waals surface area contributed by atoms with Crippen LogP contribution in [0, 0.1) is 11.8 Å². The second-order valence-corrected chi connectivity index (χ2v) is 8.38. The maximum absolute atomic E-state index is 12.3. The van der Waals surface area contributed by atoms with Crippen LogP contribution in [0.3, 0.4) is 0 Å². The van der Waals surface area contributed by atoms with E-state index in [-0.39, 0.29) is 5.91 Å². The molecule has 6 nitrogen and oxygen atoms in total. The van der Waals surface area contributed by atoms with Crippen molar-refractivity contribution in [1.82, 2.24) is 15.4 Å². The monoisotopic (exact) mass is 397 g/mol. The maximum atomic E-state index is 12.3. The van der Waals surface area contributed by atoms with Crippen LogP contribution >= 0.6 is 0 Å². The minimum absolute atomic E-state index is 0.160. The van der Waals surface area contributed by atoms with Gasteiger partial charge in [-0.15, -0.1) is 0 Å². The van der Waals surface area contributed by atoms with Crippen LogP contribution in [0.5, 0.6) is 0 Å². The number of nitrogens with one attached hydrogen (secondary N) is 1. The lowest BCUT2D eigenvalue weighted by Gasteiger charge is -2.31. The van der Waals surface area contributed by atoms with Gasteiger partial charge in [0.05, 0.1) is 13.2 Å². The maximum Gasteiger partial charge on any atom is 0.273 e. The van der Waals surface area contributed by atoms with Crippen molar-refractivity contribution in [3.63, 3.8) is 0 Å². The molecule has 4 rings (SSSR count). The molecule has 1 N–H and O–H groups in total. The first-order valence-corrected chi connectivity index (χ1v) is 10.8. The summed E-state index contributed by atoms with van der Waals surface area (Å²) in [7, 11) is 0. The van der Waals surface area contributed by atoms with Gasteiger partial charge < -0.3 is 14.6 Å². The van der Waals surface area contributed by atoms with E-state index in [0.29, 0.717) is 18.2 Å². The predicted molar refractivity (Wildman–Crippen MR) is 111 cm³/mol. The second-order valence-electron chi connectivity index (χ2n) is 8.38. The molecule has 0 radical (unpaired) electrons. The summed E-state index contributed by atoms with van der Waals surface area (Å²) in [5, 5.41) is 6.93. The third kappa shape index (κ3) is 5.90. The molecule has 3 heterocycles. The number of carbonyl (C=O) groups excluding carboxylic acids is 1. The van der Waals surface area contributed by atoms with Gasteiger partial charge in [0.2, 0.25) is 0 Å². The molecule has 2 fully saturated rings. The van der Waals surface area contributed by atoms with Crippen molar-refractivity contribution in [1.29, 1.82) is 0 Å². The molecule has 2 aliphatic heterocycles. The molecule has 156 valence electrons. The minimum atomic E-state index is -0.160. The molecule has 29 heavy (non-hydrogen) atoms. The lowest BCUT2D eigenvalue weighted by Crippen LogP contribution is -2.34. The first kappa shape index (κ1) is 20.1. The van der Waals surface area contributed by atoms with E-state index in [9.17, 15) is 4.79 Å². The van der Waals surface area contributed by atoms with Gasteiger partial charge in [-0.2, -0.15) is 0 Å². The van der Waals surface area contributed by atoms with Crippen molar-refractivity contribution < 1.29 is 14.1 Å². The number of ether oxygens (including phenoxy) is 1. The molecule has 6 heteroatoms. The number of rotatable bonds is 7. The third-order valence-corrected chi connectivity index (χ3v) is 6.05. The number of hydrogen-bond acceptors (Lipinski definition) is 5. The Morgan fingerprint density at radius 2 is 1.97 bits per heavy atom. The molecule has 2 aliphatic rings. The zero-order chi connectivity index (χ0) is 19.9. The van der Waals surface area contributed by atoms with E-state index in [2.05, 4.69) is 45.7 Å². The fourth-order valence-corrected chi connectivity index (χ4v) is 4.31. The molecule has 0 bridgehead atoms. The highest BCUT2D eigenvalue weighted by Gasteiger charge is 2.22. The summed E-state index contributed by atoms with van der Waals surface area (Å²) in [6.07, 6.45) is 5.72. The fraction of sp³-hybridized carbons (Fsp3) is 0.565. The number of aromatic nitrogens is 1.